The van der Waals surface area contributed by atoms with E-state index in [9.17, 15) is 24.1 Å². The summed E-state index contributed by atoms with van der Waals surface area (Å²) in [5.74, 6) is -2.61. The van der Waals surface area contributed by atoms with Gasteiger partial charge in [-0.15, -0.1) is 0 Å². The SMILES string of the molecule is O=C(COC(=O)c1cnn2c(-c3ccccc3)ccnc12)Nc1ccc(F)c([N+](=O)[O-])c1. The Bertz CT molecular complexity index is 1340. The Hall–Kier alpha value is -4.67. The molecule has 1 N–H and O–H groups in total. The van der Waals surface area contributed by atoms with Crippen LogP contribution < -0.4 is 5.32 Å². The molecule has 0 aliphatic heterocycles. The van der Waals surface area contributed by atoms with Crippen molar-refractivity contribution in [3.63, 3.8) is 0 Å². The standard InChI is InChI=1S/C21H14FN5O5/c22-16-7-6-14(10-18(16)27(30)31)25-19(28)12-32-21(29)15-11-24-26-17(8-9-23-20(15)26)13-4-2-1-3-5-13/h1-11H,12H2,(H,25,28). The van der Waals surface area contributed by atoms with E-state index in [0.717, 1.165) is 23.8 Å². The molecule has 32 heavy (non-hydrogen) atoms. The van der Waals surface area contributed by atoms with Crippen LogP contribution in [-0.2, 0) is 9.53 Å². The van der Waals surface area contributed by atoms with Crippen molar-refractivity contribution in [2.24, 2.45) is 0 Å². The number of halogens is 1. The third-order valence-electron chi connectivity index (χ3n) is 4.45. The molecule has 0 atom stereocenters. The minimum Gasteiger partial charge on any atom is -0.452 e. The lowest BCUT2D eigenvalue weighted by atomic mass is 10.1. The van der Waals surface area contributed by atoms with Crippen LogP contribution in [-0.4, -0.2) is 38.0 Å². The summed E-state index contributed by atoms with van der Waals surface area (Å²) in [5.41, 5.74) is 1.11. The fourth-order valence-corrected chi connectivity index (χ4v) is 3.00. The Labute approximate surface area is 179 Å². The fraction of sp³-hybridized carbons (Fsp3) is 0.0476. The largest absolute Gasteiger partial charge is 0.452 e. The van der Waals surface area contributed by atoms with Crippen molar-refractivity contribution < 1.29 is 23.6 Å². The molecule has 0 aliphatic carbocycles. The molecular weight excluding hydrogens is 421 g/mol. The van der Waals surface area contributed by atoms with Crippen molar-refractivity contribution in [2.75, 3.05) is 11.9 Å². The minimum absolute atomic E-state index is 0.00991. The summed E-state index contributed by atoms with van der Waals surface area (Å²) in [6.07, 6.45) is 2.82. The molecule has 2 heterocycles. The van der Waals surface area contributed by atoms with Gasteiger partial charge >= 0.3 is 11.7 Å². The third-order valence-corrected chi connectivity index (χ3v) is 4.45. The van der Waals surface area contributed by atoms with Gasteiger partial charge in [0.1, 0.15) is 5.56 Å². The first-order valence-electron chi connectivity index (χ1n) is 9.23. The van der Waals surface area contributed by atoms with Gasteiger partial charge in [0.25, 0.3) is 5.91 Å². The molecule has 160 valence electrons. The second kappa shape index (κ2) is 8.60. The zero-order chi connectivity index (χ0) is 22.7. The van der Waals surface area contributed by atoms with Gasteiger partial charge in [-0.05, 0) is 18.2 Å². The van der Waals surface area contributed by atoms with Crippen molar-refractivity contribution in [1.82, 2.24) is 14.6 Å². The highest BCUT2D eigenvalue weighted by Gasteiger charge is 2.19. The summed E-state index contributed by atoms with van der Waals surface area (Å²) in [5, 5.41) is 17.3. The number of amides is 1. The number of nitrogens with one attached hydrogen (secondary N) is 1. The zero-order valence-corrected chi connectivity index (χ0v) is 16.3. The first-order chi connectivity index (χ1) is 15.4. The number of rotatable bonds is 6. The molecule has 4 aromatic rings. The topological polar surface area (TPSA) is 129 Å². The molecule has 0 saturated heterocycles. The Morgan fingerprint density at radius 3 is 2.69 bits per heavy atom. The summed E-state index contributed by atoms with van der Waals surface area (Å²) in [6.45, 7) is -0.667. The lowest BCUT2D eigenvalue weighted by molar-refractivity contribution is -0.387. The van der Waals surface area contributed by atoms with E-state index in [1.165, 1.54) is 16.9 Å². The van der Waals surface area contributed by atoms with Crippen LogP contribution in [0.1, 0.15) is 10.4 Å². The maximum Gasteiger partial charge on any atom is 0.344 e. The summed E-state index contributed by atoms with van der Waals surface area (Å²) in [7, 11) is 0. The van der Waals surface area contributed by atoms with Crippen molar-refractivity contribution in [3.05, 3.63) is 88.5 Å². The van der Waals surface area contributed by atoms with E-state index in [4.69, 9.17) is 4.74 Å². The van der Waals surface area contributed by atoms with Crippen LogP contribution in [0.4, 0.5) is 15.8 Å². The maximum absolute atomic E-state index is 13.4. The Balaban J connectivity index is 1.46. The lowest BCUT2D eigenvalue weighted by Gasteiger charge is -2.07. The van der Waals surface area contributed by atoms with E-state index in [1.807, 2.05) is 30.3 Å². The summed E-state index contributed by atoms with van der Waals surface area (Å²) in [6, 6.07) is 14.0. The molecule has 10 nitrogen and oxygen atoms in total. The van der Waals surface area contributed by atoms with Crippen LogP contribution >= 0.6 is 0 Å². The number of anilines is 1. The predicted octanol–water partition coefficient (Wildman–Crippen LogP) is 3.24. The number of hydrogen-bond donors (Lipinski definition) is 1. The highest BCUT2D eigenvalue weighted by molar-refractivity contribution is 5.98. The maximum atomic E-state index is 13.4. The zero-order valence-electron chi connectivity index (χ0n) is 16.3. The van der Waals surface area contributed by atoms with E-state index >= 15 is 0 Å². The Morgan fingerprint density at radius 1 is 1.16 bits per heavy atom. The normalized spacial score (nSPS) is 10.7. The number of carbonyl (C=O) groups is 2. The monoisotopic (exact) mass is 435 g/mol. The van der Waals surface area contributed by atoms with Crippen LogP contribution in [0.25, 0.3) is 16.9 Å². The van der Waals surface area contributed by atoms with Crippen LogP contribution in [0.2, 0.25) is 0 Å². The average molecular weight is 435 g/mol. The fourth-order valence-electron chi connectivity index (χ4n) is 3.00. The van der Waals surface area contributed by atoms with Crippen LogP contribution in [0.3, 0.4) is 0 Å². The number of fused-ring (bicyclic) bond motifs is 1. The number of aromatic nitrogens is 3. The molecule has 11 heteroatoms. The van der Waals surface area contributed by atoms with E-state index < -0.39 is 34.9 Å². The van der Waals surface area contributed by atoms with Gasteiger partial charge in [-0.3, -0.25) is 14.9 Å². The number of nitro benzene ring substituents is 1. The van der Waals surface area contributed by atoms with Gasteiger partial charge in [0.05, 0.1) is 16.8 Å². The number of carbonyl (C=O) groups excluding carboxylic acids is 2. The van der Waals surface area contributed by atoms with Crippen molar-refractivity contribution in [1.29, 1.82) is 0 Å². The number of nitro groups is 1. The number of hydrogen-bond acceptors (Lipinski definition) is 7. The van der Waals surface area contributed by atoms with E-state index in [1.54, 1.807) is 6.07 Å². The second-order valence-corrected chi connectivity index (χ2v) is 6.54. The molecule has 0 spiro atoms. The van der Waals surface area contributed by atoms with Crippen molar-refractivity contribution >= 4 is 28.9 Å². The van der Waals surface area contributed by atoms with Gasteiger partial charge in [0.15, 0.2) is 12.3 Å². The molecule has 2 aromatic heterocycles. The van der Waals surface area contributed by atoms with Crippen molar-refractivity contribution in [3.8, 4) is 11.3 Å². The summed E-state index contributed by atoms with van der Waals surface area (Å²) >= 11 is 0. The first-order valence-corrected chi connectivity index (χ1v) is 9.23. The number of benzene rings is 2. The van der Waals surface area contributed by atoms with Crippen molar-refractivity contribution in [2.45, 2.75) is 0 Å². The Morgan fingerprint density at radius 2 is 1.94 bits per heavy atom. The van der Waals surface area contributed by atoms with Gasteiger partial charge in [0, 0.05) is 23.5 Å². The first kappa shape index (κ1) is 20.6. The predicted molar refractivity (Wildman–Crippen MR) is 110 cm³/mol. The quantitative estimate of drug-likeness (QED) is 0.280. The smallest absolute Gasteiger partial charge is 0.344 e. The lowest BCUT2D eigenvalue weighted by Crippen LogP contribution is -2.21. The summed E-state index contributed by atoms with van der Waals surface area (Å²) < 4.78 is 19.9. The summed E-state index contributed by atoms with van der Waals surface area (Å²) in [4.78, 5) is 38.6. The third kappa shape index (κ3) is 4.12. The molecule has 1 amide bonds. The van der Waals surface area contributed by atoms with Gasteiger partial charge < -0.3 is 10.1 Å². The van der Waals surface area contributed by atoms with E-state index in [-0.39, 0.29) is 16.9 Å². The molecular formula is C21H14FN5O5. The van der Waals surface area contributed by atoms with Gasteiger partial charge in [-0.1, -0.05) is 30.3 Å². The van der Waals surface area contributed by atoms with Gasteiger partial charge in [-0.25, -0.2) is 14.3 Å². The molecule has 0 radical (unpaired) electrons. The highest BCUT2D eigenvalue weighted by atomic mass is 19.1. The van der Waals surface area contributed by atoms with Crippen LogP contribution in [0, 0.1) is 15.9 Å². The van der Waals surface area contributed by atoms with Gasteiger partial charge in [0.2, 0.25) is 5.82 Å². The van der Waals surface area contributed by atoms with Crippen LogP contribution in [0.5, 0.6) is 0 Å². The Kier molecular flexibility index (Phi) is 5.53. The number of nitrogens with zero attached hydrogens (tertiary/aromatic N) is 4. The van der Waals surface area contributed by atoms with Gasteiger partial charge in [-0.2, -0.15) is 9.49 Å². The molecule has 0 saturated carbocycles. The molecule has 2 aromatic carbocycles. The highest BCUT2D eigenvalue weighted by Crippen LogP contribution is 2.22. The molecule has 4 rings (SSSR count). The van der Waals surface area contributed by atoms with E-state index in [2.05, 4.69) is 15.4 Å². The number of esters is 1. The molecule has 0 bridgehead atoms. The van der Waals surface area contributed by atoms with Crippen LogP contribution in [0.15, 0.2) is 67.0 Å². The average Bonchev–Trinajstić information content (AvgIpc) is 3.23. The molecule has 0 aliphatic rings. The molecule has 0 unspecified atom stereocenters. The molecule has 0 fully saturated rings. The van der Waals surface area contributed by atoms with E-state index in [0.29, 0.717) is 5.69 Å². The minimum atomic E-state index is -1.03. The second-order valence-electron chi connectivity index (χ2n) is 6.54. The number of ether oxygens (including phenoxy) is 1.